The van der Waals surface area contributed by atoms with E-state index in [0.717, 1.165) is 18.8 Å². The van der Waals surface area contributed by atoms with E-state index in [4.69, 9.17) is 0 Å². The van der Waals surface area contributed by atoms with Gasteiger partial charge >= 0.3 is 7.60 Å². The SMILES string of the molecule is CC(C)(C)C(=O)NC1=C(P(=O)(O)O)C=C2CCC3C4CCC[C@@]4(C)CCC3[C@@]2(C)C1. The number of hydrogen-bond acceptors (Lipinski definition) is 2. The van der Waals surface area contributed by atoms with Crippen molar-refractivity contribution >= 4 is 13.5 Å². The molecule has 0 saturated heterocycles. The molecule has 30 heavy (non-hydrogen) atoms. The van der Waals surface area contributed by atoms with E-state index in [2.05, 4.69) is 19.2 Å². The van der Waals surface area contributed by atoms with E-state index in [9.17, 15) is 19.1 Å². The summed E-state index contributed by atoms with van der Waals surface area (Å²) in [6.45, 7) is 10.2. The van der Waals surface area contributed by atoms with Crippen LogP contribution < -0.4 is 5.32 Å². The molecule has 0 bridgehead atoms. The number of carbonyl (C=O) groups excluding carboxylic acids is 1. The summed E-state index contributed by atoms with van der Waals surface area (Å²) in [5.74, 6) is 1.79. The van der Waals surface area contributed by atoms with Crippen LogP contribution in [0.25, 0.3) is 0 Å². The van der Waals surface area contributed by atoms with E-state index in [1.165, 1.54) is 37.7 Å². The first-order valence-electron chi connectivity index (χ1n) is 11.6. The Hall–Kier alpha value is -0.900. The average Bonchev–Trinajstić information content (AvgIpc) is 3.00. The second-order valence-electron chi connectivity index (χ2n) is 11.9. The van der Waals surface area contributed by atoms with Gasteiger partial charge in [0.2, 0.25) is 5.91 Å². The standard InChI is InChI=1S/C24H38NO4P/c1-22(2,3)21(26)25-19-14-24(5)15(13-20(19)30(27,28)29)8-9-16-17-7-6-11-23(17,4)12-10-18(16)24/h13,16-18H,6-12,14H2,1-5H3,(H,25,26)(H2,27,28,29)/t16?,17?,18?,23-,24-/m0/s1. The minimum atomic E-state index is -4.48. The van der Waals surface area contributed by atoms with Crippen molar-refractivity contribution in [3.63, 3.8) is 0 Å². The number of fused-ring (bicyclic) bond motifs is 5. The van der Waals surface area contributed by atoms with E-state index in [-0.39, 0.29) is 16.6 Å². The van der Waals surface area contributed by atoms with Gasteiger partial charge in [0.1, 0.15) is 0 Å². The molecule has 0 aromatic rings. The molecular formula is C24H38NO4P. The molecule has 0 heterocycles. The molecule has 0 spiro atoms. The molecule has 3 saturated carbocycles. The predicted molar refractivity (Wildman–Crippen MR) is 118 cm³/mol. The van der Waals surface area contributed by atoms with E-state index < -0.39 is 13.0 Å². The van der Waals surface area contributed by atoms with Crippen molar-refractivity contribution in [1.29, 1.82) is 0 Å². The van der Waals surface area contributed by atoms with E-state index in [1.54, 1.807) is 6.08 Å². The first kappa shape index (κ1) is 22.3. The van der Waals surface area contributed by atoms with Crippen LogP contribution in [0.2, 0.25) is 0 Å². The van der Waals surface area contributed by atoms with E-state index >= 15 is 0 Å². The summed E-state index contributed by atoms with van der Waals surface area (Å²) >= 11 is 0. The van der Waals surface area contributed by atoms with Gasteiger partial charge in [0, 0.05) is 11.1 Å². The molecule has 3 unspecified atom stereocenters. The molecule has 168 valence electrons. The number of hydrogen-bond donors (Lipinski definition) is 3. The minimum Gasteiger partial charge on any atom is -0.328 e. The third kappa shape index (κ3) is 3.55. The largest absolute Gasteiger partial charge is 0.357 e. The quantitative estimate of drug-likeness (QED) is 0.500. The second-order valence-corrected chi connectivity index (χ2v) is 13.4. The Balaban J connectivity index is 1.71. The fourth-order valence-electron chi connectivity index (χ4n) is 7.20. The molecule has 4 aliphatic rings. The number of nitrogens with one attached hydrogen (secondary N) is 1. The summed E-state index contributed by atoms with van der Waals surface area (Å²) in [5.41, 5.74) is 1.34. The van der Waals surface area contributed by atoms with Crippen molar-refractivity contribution in [2.45, 2.75) is 86.0 Å². The number of rotatable bonds is 2. The maximum atomic E-state index is 12.7. The van der Waals surface area contributed by atoms with Gasteiger partial charge in [-0.1, -0.05) is 46.6 Å². The van der Waals surface area contributed by atoms with Crippen LogP contribution in [0, 0.1) is 34.0 Å². The summed E-state index contributed by atoms with van der Waals surface area (Å²) in [4.78, 5) is 32.8. The highest BCUT2D eigenvalue weighted by atomic mass is 31.2. The number of carbonyl (C=O) groups is 1. The molecule has 3 N–H and O–H groups in total. The highest BCUT2D eigenvalue weighted by Crippen LogP contribution is 2.66. The highest BCUT2D eigenvalue weighted by Gasteiger charge is 2.56. The average molecular weight is 436 g/mol. The Kier molecular flexibility index (Phi) is 5.24. The van der Waals surface area contributed by atoms with Crippen LogP contribution in [0.15, 0.2) is 22.7 Å². The molecular weight excluding hydrogens is 397 g/mol. The Morgan fingerprint density at radius 1 is 1.13 bits per heavy atom. The summed E-state index contributed by atoms with van der Waals surface area (Å²) in [6, 6.07) is 0. The zero-order valence-corrected chi connectivity index (χ0v) is 20.0. The fraction of sp³-hybridized carbons (Fsp3) is 0.792. The molecule has 0 aliphatic heterocycles. The molecule has 0 radical (unpaired) electrons. The lowest BCUT2D eigenvalue weighted by Crippen LogP contribution is -2.50. The summed E-state index contributed by atoms with van der Waals surface area (Å²) in [7, 11) is -4.48. The topological polar surface area (TPSA) is 86.6 Å². The summed E-state index contributed by atoms with van der Waals surface area (Å²) in [6.07, 6.45) is 10.7. The van der Waals surface area contributed by atoms with Crippen molar-refractivity contribution in [2.24, 2.45) is 34.0 Å². The van der Waals surface area contributed by atoms with Crippen LogP contribution >= 0.6 is 7.60 Å². The highest BCUT2D eigenvalue weighted by molar-refractivity contribution is 7.56. The van der Waals surface area contributed by atoms with Crippen molar-refractivity contribution in [2.75, 3.05) is 0 Å². The molecule has 5 nitrogen and oxygen atoms in total. The Morgan fingerprint density at radius 2 is 1.83 bits per heavy atom. The normalized spacial score (nSPS) is 39.0. The van der Waals surface area contributed by atoms with Gasteiger partial charge in [-0.2, -0.15) is 0 Å². The van der Waals surface area contributed by atoms with Gasteiger partial charge < -0.3 is 15.1 Å². The zero-order valence-electron chi connectivity index (χ0n) is 19.1. The Morgan fingerprint density at radius 3 is 2.47 bits per heavy atom. The van der Waals surface area contributed by atoms with Gasteiger partial charge in [-0.3, -0.25) is 9.36 Å². The van der Waals surface area contributed by atoms with Crippen molar-refractivity contribution in [3.05, 3.63) is 22.7 Å². The summed E-state index contributed by atoms with van der Waals surface area (Å²) in [5, 5.41) is 2.95. The van der Waals surface area contributed by atoms with Crippen LogP contribution in [0.1, 0.15) is 86.0 Å². The lowest BCUT2D eigenvalue weighted by Gasteiger charge is -2.57. The van der Waals surface area contributed by atoms with Crippen LogP contribution in [-0.4, -0.2) is 15.7 Å². The molecule has 4 rings (SSSR count). The smallest absolute Gasteiger partial charge is 0.328 e. The molecule has 6 heteroatoms. The second kappa shape index (κ2) is 7.05. The van der Waals surface area contributed by atoms with Crippen molar-refractivity contribution in [3.8, 4) is 0 Å². The van der Waals surface area contributed by atoms with E-state index in [1.807, 2.05) is 20.8 Å². The molecule has 0 aromatic carbocycles. The molecule has 0 aromatic heterocycles. The lowest BCUT2D eigenvalue weighted by molar-refractivity contribution is -0.127. The van der Waals surface area contributed by atoms with Gasteiger partial charge in [-0.25, -0.2) is 0 Å². The monoisotopic (exact) mass is 435 g/mol. The third-order valence-electron chi connectivity index (χ3n) is 8.94. The van der Waals surface area contributed by atoms with Gasteiger partial charge in [0.15, 0.2) is 0 Å². The maximum Gasteiger partial charge on any atom is 0.357 e. The minimum absolute atomic E-state index is 0.0209. The zero-order chi connectivity index (χ0) is 22.1. The van der Waals surface area contributed by atoms with E-state index in [0.29, 0.717) is 29.4 Å². The summed E-state index contributed by atoms with van der Waals surface area (Å²) < 4.78 is 12.3. The van der Waals surface area contributed by atoms with Gasteiger partial charge in [-0.05, 0) is 79.6 Å². The fourth-order valence-corrected chi connectivity index (χ4v) is 8.01. The van der Waals surface area contributed by atoms with Crippen molar-refractivity contribution < 1.29 is 19.1 Å². The third-order valence-corrected chi connectivity index (χ3v) is 9.97. The molecule has 4 aliphatic carbocycles. The van der Waals surface area contributed by atoms with Gasteiger partial charge in [0.05, 0.1) is 5.31 Å². The number of amides is 1. The van der Waals surface area contributed by atoms with Gasteiger partial charge in [-0.15, -0.1) is 0 Å². The predicted octanol–water partition coefficient (Wildman–Crippen LogP) is 5.50. The van der Waals surface area contributed by atoms with Crippen LogP contribution in [0.4, 0.5) is 0 Å². The van der Waals surface area contributed by atoms with Crippen LogP contribution in [0.5, 0.6) is 0 Å². The molecule has 5 atom stereocenters. The number of allylic oxidation sites excluding steroid dienone is 4. The van der Waals surface area contributed by atoms with Crippen LogP contribution in [0.3, 0.4) is 0 Å². The lowest BCUT2D eigenvalue weighted by atomic mass is 9.48. The molecule has 1 amide bonds. The van der Waals surface area contributed by atoms with Crippen molar-refractivity contribution in [1.82, 2.24) is 5.32 Å². The Labute approximate surface area is 180 Å². The molecule has 3 fully saturated rings. The van der Waals surface area contributed by atoms with Gasteiger partial charge in [0.25, 0.3) is 0 Å². The maximum absolute atomic E-state index is 12.7. The first-order chi connectivity index (χ1) is 13.8. The first-order valence-corrected chi connectivity index (χ1v) is 13.2. The Bertz CT molecular complexity index is 863. The van der Waals surface area contributed by atoms with Crippen LogP contribution in [-0.2, 0) is 9.36 Å².